The van der Waals surface area contributed by atoms with Crippen molar-refractivity contribution in [1.29, 1.82) is 0 Å². The molecule has 3 fully saturated rings. The Morgan fingerprint density at radius 3 is 2.57 bits per heavy atom. The molecule has 0 amide bonds. The van der Waals surface area contributed by atoms with Crippen LogP contribution in [-0.4, -0.2) is 57.0 Å². The second-order valence-electron chi connectivity index (χ2n) is 7.04. The molecule has 1 saturated carbocycles. The van der Waals surface area contributed by atoms with Crippen LogP contribution in [0.1, 0.15) is 12.5 Å². The summed E-state index contributed by atoms with van der Waals surface area (Å²) in [6.45, 7) is 7.36. The van der Waals surface area contributed by atoms with Crippen LogP contribution in [0.3, 0.4) is 0 Å². The minimum Gasteiger partial charge on any atom is -0.379 e. The highest BCUT2D eigenvalue weighted by Crippen LogP contribution is 2.51. The van der Waals surface area contributed by atoms with E-state index in [1.807, 2.05) is 18.2 Å². The predicted molar refractivity (Wildman–Crippen MR) is 87.4 cm³/mol. The van der Waals surface area contributed by atoms with Crippen LogP contribution < -0.4 is 0 Å². The standard InChI is InChI=1S/C17H24N2O3S/c1-13-16-11-18(12-17(13)16)10-14-3-2-4-15(9-14)23(20,21)19-5-7-22-8-6-19/h2-4,9,13,16-17H,5-8,10-12H2,1H3. The molecule has 5 nitrogen and oxygen atoms in total. The molecule has 0 spiro atoms. The molecule has 2 heterocycles. The van der Waals surface area contributed by atoms with Crippen LogP contribution in [0.25, 0.3) is 0 Å². The third-order valence-electron chi connectivity index (χ3n) is 5.61. The summed E-state index contributed by atoms with van der Waals surface area (Å²) >= 11 is 0. The molecule has 2 saturated heterocycles. The fourth-order valence-electron chi connectivity index (χ4n) is 4.04. The van der Waals surface area contributed by atoms with Gasteiger partial charge in [0.15, 0.2) is 0 Å². The summed E-state index contributed by atoms with van der Waals surface area (Å²) in [5.41, 5.74) is 1.09. The van der Waals surface area contributed by atoms with Gasteiger partial charge in [-0.2, -0.15) is 4.31 Å². The number of fused-ring (bicyclic) bond motifs is 1. The van der Waals surface area contributed by atoms with Crippen LogP contribution in [0.15, 0.2) is 29.2 Å². The van der Waals surface area contributed by atoms with Crippen molar-refractivity contribution in [2.45, 2.75) is 18.4 Å². The fraction of sp³-hybridized carbons (Fsp3) is 0.647. The number of rotatable bonds is 4. The molecule has 0 aromatic heterocycles. The highest BCUT2D eigenvalue weighted by molar-refractivity contribution is 7.89. The maximum atomic E-state index is 12.7. The van der Waals surface area contributed by atoms with Crippen molar-refractivity contribution in [2.75, 3.05) is 39.4 Å². The van der Waals surface area contributed by atoms with Crippen LogP contribution in [0.4, 0.5) is 0 Å². The average molecular weight is 336 g/mol. The van der Waals surface area contributed by atoms with Gasteiger partial charge in [-0.15, -0.1) is 0 Å². The van der Waals surface area contributed by atoms with Crippen LogP contribution in [0, 0.1) is 17.8 Å². The molecule has 1 aliphatic carbocycles. The first kappa shape index (κ1) is 15.6. The van der Waals surface area contributed by atoms with Crippen LogP contribution in [-0.2, 0) is 21.3 Å². The van der Waals surface area contributed by atoms with Gasteiger partial charge in [-0.05, 0) is 35.4 Å². The van der Waals surface area contributed by atoms with E-state index in [4.69, 9.17) is 4.74 Å². The molecule has 0 N–H and O–H groups in total. The monoisotopic (exact) mass is 336 g/mol. The minimum absolute atomic E-state index is 0.412. The van der Waals surface area contributed by atoms with Crippen molar-refractivity contribution >= 4 is 10.0 Å². The Morgan fingerprint density at radius 2 is 1.87 bits per heavy atom. The summed E-state index contributed by atoms with van der Waals surface area (Å²) in [6.07, 6.45) is 0. The fourth-order valence-corrected chi connectivity index (χ4v) is 5.52. The summed E-state index contributed by atoms with van der Waals surface area (Å²) in [5.74, 6) is 2.63. The van der Waals surface area contributed by atoms with E-state index in [0.717, 1.165) is 43.0 Å². The van der Waals surface area contributed by atoms with Gasteiger partial charge in [0.1, 0.15) is 0 Å². The largest absolute Gasteiger partial charge is 0.379 e. The molecule has 2 atom stereocenters. The van der Waals surface area contributed by atoms with Gasteiger partial charge < -0.3 is 4.74 Å². The second kappa shape index (κ2) is 5.84. The third kappa shape index (κ3) is 2.93. The van der Waals surface area contributed by atoms with Crippen molar-refractivity contribution in [3.05, 3.63) is 29.8 Å². The van der Waals surface area contributed by atoms with Crippen molar-refractivity contribution < 1.29 is 13.2 Å². The molecule has 2 unspecified atom stereocenters. The zero-order valence-electron chi connectivity index (χ0n) is 13.5. The van der Waals surface area contributed by atoms with E-state index in [9.17, 15) is 8.42 Å². The van der Waals surface area contributed by atoms with Gasteiger partial charge in [0.2, 0.25) is 10.0 Å². The lowest BCUT2D eigenvalue weighted by atomic mass is 10.2. The molecule has 23 heavy (non-hydrogen) atoms. The summed E-state index contributed by atoms with van der Waals surface area (Å²) in [4.78, 5) is 2.87. The first-order valence-corrected chi connectivity index (χ1v) is 9.89. The normalized spacial score (nSPS) is 32.0. The quantitative estimate of drug-likeness (QED) is 0.834. The molecule has 126 valence electrons. The molecule has 3 aliphatic rings. The Labute approximate surface area is 138 Å². The Morgan fingerprint density at radius 1 is 1.17 bits per heavy atom. The van der Waals surface area contributed by atoms with Crippen molar-refractivity contribution in [3.63, 3.8) is 0 Å². The minimum atomic E-state index is -3.39. The van der Waals surface area contributed by atoms with Gasteiger partial charge in [0.05, 0.1) is 18.1 Å². The van der Waals surface area contributed by atoms with Gasteiger partial charge in [-0.3, -0.25) is 4.90 Å². The van der Waals surface area contributed by atoms with E-state index in [2.05, 4.69) is 11.8 Å². The Kier molecular flexibility index (Phi) is 3.96. The smallest absolute Gasteiger partial charge is 0.243 e. The van der Waals surface area contributed by atoms with Crippen molar-refractivity contribution in [1.82, 2.24) is 9.21 Å². The second-order valence-corrected chi connectivity index (χ2v) is 8.98. The third-order valence-corrected chi connectivity index (χ3v) is 7.50. The number of nitrogens with zero attached hydrogens (tertiary/aromatic N) is 2. The zero-order valence-corrected chi connectivity index (χ0v) is 14.3. The maximum Gasteiger partial charge on any atom is 0.243 e. The van der Waals surface area contributed by atoms with E-state index in [1.165, 1.54) is 4.31 Å². The number of likely N-dealkylation sites (tertiary alicyclic amines) is 1. The van der Waals surface area contributed by atoms with E-state index in [-0.39, 0.29) is 0 Å². The maximum absolute atomic E-state index is 12.7. The molecular weight excluding hydrogens is 312 g/mol. The predicted octanol–water partition coefficient (Wildman–Crippen LogP) is 1.41. The topological polar surface area (TPSA) is 49.9 Å². The number of benzene rings is 1. The molecule has 0 bridgehead atoms. The summed E-state index contributed by atoms with van der Waals surface area (Å²) in [7, 11) is -3.39. The molecular formula is C17H24N2O3S. The van der Waals surface area contributed by atoms with Gasteiger partial charge in [0, 0.05) is 32.7 Å². The van der Waals surface area contributed by atoms with Gasteiger partial charge in [0.25, 0.3) is 0 Å². The van der Waals surface area contributed by atoms with E-state index in [0.29, 0.717) is 31.2 Å². The Bertz CT molecular complexity index is 673. The van der Waals surface area contributed by atoms with E-state index < -0.39 is 10.0 Å². The zero-order chi connectivity index (χ0) is 16.0. The number of piperidine rings is 1. The Hall–Kier alpha value is -0.950. The SMILES string of the molecule is CC1C2CN(Cc3cccc(S(=O)(=O)N4CCOCC4)c3)CC12. The first-order valence-electron chi connectivity index (χ1n) is 8.45. The number of sulfonamides is 1. The molecule has 0 radical (unpaired) electrons. The summed E-state index contributed by atoms with van der Waals surface area (Å²) < 4.78 is 32.3. The number of morpholine rings is 1. The Balaban J connectivity index is 1.47. The summed E-state index contributed by atoms with van der Waals surface area (Å²) in [5, 5.41) is 0. The van der Waals surface area contributed by atoms with E-state index >= 15 is 0 Å². The first-order chi connectivity index (χ1) is 11.1. The average Bonchev–Trinajstić information content (AvgIpc) is 2.98. The van der Waals surface area contributed by atoms with Crippen LogP contribution in [0.2, 0.25) is 0 Å². The lowest BCUT2D eigenvalue weighted by molar-refractivity contribution is 0.0730. The molecule has 6 heteroatoms. The number of ether oxygens (including phenoxy) is 1. The molecule has 2 aliphatic heterocycles. The number of hydrogen-bond acceptors (Lipinski definition) is 4. The highest BCUT2D eigenvalue weighted by atomic mass is 32.2. The van der Waals surface area contributed by atoms with Gasteiger partial charge in [-0.1, -0.05) is 19.1 Å². The van der Waals surface area contributed by atoms with Crippen LogP contribution >= 0.6 is 0 Å². The molecule has 4 rings (SSSR count). The molecule has 1 aromatic rings. The van der Waals surface area contributed by atoms with Crippen molar-refractivity contribution in [2.24, 2.45) is 17.8 Å². The van der Waals surface area contributed by atoms with Gasteiger partial charge in [-0.25, -0.2) is 8.42 Å². The number of hydrogen-bond donors (Lipinski definition) is 0. The van der Waals surface area contributed by atoms with Crippen LogP contribution in [0.5, 0.6) is 0 Å². The van der Waals surface area contributed by atoms with Gasteiger partial charge >= 0.3 is 0 Å². The molecule has 1 aromatic carbocycles. The lowest BCUT2D eigenvalue weighted by Gasteiger charge is -2.26. The van der Waals surface area contributed by atoms with Crippen molar-refractivity contribution in [3.8, 4) is 0 Å². The lowest BCUT2D eigenvalue weighted by Crippen LogP contribution is -2.40. The highest BCUT2D eigenvalue weighted by Gasteiger charge is 2.52. The van der Waals surface area contributed by atoms with E-state index in [1.54, 1.807) is 6.07 Å². The summed E-state index contributed by atoms with van der Waals surface area (Å²) in [6, 6.07) is 7.45.